The van der Waals surface area contributed by atoms with E-state index in [9.17, 15) is 15.0 Å². The van der Waals surface area contributed by atoms with Crippen molar-refractivity contribution in [3.8, 4) is 16.9 Å². The average molecular weight is 539 g/mol. The Morgan fingerprint density at radius 1 is 1.07 bits per heavy atom. The van der Waals surface area contributed by atoms with E-state index in [4.69, 9.17) is 4.74 Å². The van der Waals surface area contributed by atoms with Crippen LogP contribution in [-0.4, -0.2) is 64.3 Å². The number of ether oxygens (including phenoxy) is 1. The first-order valence-electron chi connectivity index (χ1n) is 13.6. The number of fused-ring (bicyclic) bond motifs is 2. The van der Waals surface area contributed by atoms with Crippen LogP contribution < -0.4 is 9.64 Å². The van der Waals surface area contributed by atoms with Crippen LogP contribution in [0.1, 0.15) is 47.4 Å². The molecule has 0 unspecified atom stereocenters. The van der Waals surface area contributed by atoms with Crippen molar-refractivity contribution in [1.29, 1.82) is 0 Å². The first kappa shape index (κ1) is 26.3. The van der Waals surface area contributed by atoms with E-state index < -0.39 is 5.60 Å². The molecule has 4 aromatic rings. The number of anilines is 1. The lowest BCUT2D eigenvalue weighted by molar-refractivity contribution is 0.0781. The Kier molecular flexibility index (Phi) is 6.70. The zero-order valence-corrected chi connectivity index (χ0v) is 23.1. The molecule has 0 spiro atoms. The molecule has 4 heterocycles. The van der Waals surface area contributed by atoms with E-state index in [1.807, 2.05) is 24.3 Å². The molecule has 0 aliphatic carbocycles. The van der Waals surface area contributed by atoms with Gasteiger partial charge in [-0.3, -0.25) is 4.79 Å². The summed E-state index contributed by atoms with van der Waals surface area (Å²) in [6, 6.07) is 15.1. The molecule has 8 heteroatoms. The predicted molar refractivity (Wildman–Crippen MR) is 156 cm³/mol. The lowest BCUT2D eigenvalue weighted by Gasteiger charge is -2.25. The average Bonchev–Trinajstić information content (AvgIpc) is 3.32. The van der Waals surface area contributed by atoms with Crippen LogP contribution in [0.2, 0.25) is 0 Å². The fourth-order valence-corrected chi connectivity index (χ4v) is 5.62. The molecule has 0 bridgehead atoms. The molecule has 1 amide bonds. The van der Waals surface area contributed by atoms with E-state index in [0.29, 0.717) is 34.7 Å². The zero-order valence-electron chi connectivity index (χ0n) is 23.1. The van der Waals surface area contributed by atoms with Gasteiger partial charge in [-0.1, -0.05) is 24.3 Å². The van der Waals surface area contributed by atoms with Crippen molar-refractivity contribution in [1.82, 2.24) is 14.9 Å². The van der Waals surface area contributed by atoms with Crippen molar-refractivity contribution >= 4 is 28.2 Å². The van der Waals surface area contributed by atoms with Gasteiger partial charge in [-0.05, 0) is 79.9 Å². The number of pyridine rings is 1. The van der Waals surface area contributed by atoms with Crippen LogP contribution in [0.3, 0.4) is 0 Å². The number of likely N-dealkylation sites (N-methyl/N-ethyl adjacent to an activating group) is 1. The third-order valence-electron chi connectivity index (χ3n) is 7.92. The summed E-state index contributed by atoms with van der Waals surface area (Å²) in [4.78, 5) is 25.8. The monoisotopic (exact) mass is 538 g/mol. The zero-order chi connectivity index (χ0) is 28.0. The number of aromatic nitrogens is 2. The van der Waals surface area contributed by atoms with E-state index >= 15 is 0 Å². The van der Waals surface area contributed by atoms with Crippen LogP contribution in [-0.2, 0) is 12.2 Å². The molecule has 0 atom stereocenters. The van der Waals surface area contributed by atoms with Crippen LogP contribution in [0.5, 0.6) is 5.75 Å². The van der Waals surface area contributed by atoms with Gasteiger partial charge in [-0.2, -0.15) is 0 Å². The first-order chi connectivity index (χ1) is 19.2. The highest BCUT2D eigenvalue weighted by molar-refractivity contribution is 6.09. The van der Waals surface area contributed by atoms with Crippen LogP contribution in [0.15, 0.2) is 60.8 Å². The Hall–Kier alpha value is -3.98. The number of nitrogens with one attached hydrogen (secondary N) is 1. The maximum atomic E-state index is 13.8. The highest BCUT2D eigenvalue weighted by atomic mass is 16.5. The van der Waals surface area contributed by atoms with Crippen LogP contribution in [0, 0.1) is 0 Å². The second-order valence-electron chi connectivity index (χ2n) is 11.1. The number of rotatable bonds is 5. The molecule has 2 aliphatic rings. The summed E-state index contributed by atoms with van der Waals surface area (Å²) in [5, 5.41) is 22.0. The number of amides is 1. The quantitative estimate of drug-likeness (QED) is 0.340. The number of aliphatic hydroxyl groups excluding tert-OH is 1. The van der Waals surface area contributed by atoms with E-state index in [2.05, 4.69) is 34.1 Å². The van der Waals surface area contributed by atoms with Gasteiger partial charge in [0.15, 0.2) is 0 Å². The van der Waals surface area contributed by atoms with E-state index in [0.717, 1.165) is 47.4 Å². The van der Waals surface area contributed by atoms with Gasteiger partial charge in [-0.25, -0.2) is 4.98 Å². The Labute approximate surface area is 233 Å². The standard InChI is InChI=1S/C32H34N4O4/c1-32(2,39)21-7-8-24-29(17-21)40-16-15-36(31(24)38)28-6-4-5-22(26(28)19-37)23-9-12-33-30-25(23)18-27(34-30)20-10-13-35(3)14-11-20/h4-10,12,17-18,37,39H,11,13-16,19H2,1-3H3,(H,33,34). The number of aliphatic hydroxyl groups is 2. The summed E-state index contributed by atoms with van der Waals surface area (Å²) < 4.78 is 5.96. The minimum absolute atomic E-state index is 0.209. The summed E-state index contributed by atoms with van der Waals surface area (Å²) in [5.74, 6) is 0.243. The summed E-state index contributed by atoms with van der Waals surface area (Å²) in [7, 11) is 2.12. The van der Waals surface area contributed by atoms with E-state index in [-0.39, 0.29) is 19.1 Å². The number of nitrogens with zero attached hydrogens (tertiary/aromatic N) is 3. The Bertz CT molecular complexity index is 1630. The van der Waals surface area contributed by atoms with Crippen molar-refractivity contribution in [3.63, 3.8) is 0 Å². The van der Waals surface area contributed by atoms with E-state index in [1.165, 1.54) is 5.57 Å². The topological polar surface area (TPSA) is 102 Å². The number of H-pyrrole nitrogens is 1. The normalized spacial score (nSPS) is 16.5. The molecule has 0 radical (unpaired) electrons. The van der Waals surface area contributed by atoms with Gasteiger partial charge in [0.1, 0.15) is 18.0 Å². The third kappa shape index (κ3) is 4.68. The van der Waals surface area contributed by atoms with Gasteiger partial charge in [0, 0.05) is 35.9 Å². The smallest absolute Gasteiger partial charge is 0.262 e. The van der Waals surface area contributed by atoms with Gasteiger partial charge in [0.2, 0.25) is 0 Å². The molecule has 0 saturated carbocycles. The molecule has 206 valence electrons. The number of aromatic amines is 1. The summed E-state index contributed by atoms with van der Waals surface area (Å²) in [5.41, 5.74) is 6.29. The maximum absolute atomic E-state index is 13.8. The SMILES string of the molecule is CN1CC=C(c2cc3c(-c4cccc(N5CCOc6cc(C(C)(C)O)ccc6C5=O)c4CO)ccnc3[nH]2)CC1. The lowest BCUT2D eigenvalue weighted by atomic mass is 9.95. The van der Waals surface area contributed by atoms with Crippen LogP contribution in [0.25, 0.3) is 27.7 Å². The molecule has 0 fully saturated rings. The van der Waals surface area contributed by atoms with Crippen molar-refractivity contribution in [2.75, 3.05) is 38.2 Å². The van der Waals surface area contributed by atoms with Gasteiger partial charge in [-0.15, -0.1) is 0 Å². The Morgan fingerprint density at radius 3 is 2.67 bits per heavy atom. The lowest BCUT2D eigenvalue weighted by Crippen LogP contribution is -2.33. The van der Waals surface area contributed by atoms with E-state index in [1.54, 1.807) is 43.1 Å². The van der Waals surface area contributed by atoms with Crippen molar-refractivity contribution in [2.24, 2.45) is 0 Å². The molecule has 2 aliphatic heterocycles. The summed E-state index contributed by atoms with van der Waals surface area (Å²) in [6.45, 7) is 5.70. The van der Waals surface area contributed by atoms with Crippen molar-refractivity contribution < 1.29 is 19.7 Å². The number of carbonyl (C=O) groups excluding carboxylic acids is 1. The third-order valence-corrected chi connectivity index (χ3v) is 7.92. The molecular formula is C32H34N4O4. The second kappa shape index (κ2) is 10.2. The molecule has 2 aromatic heterocycles. The van der Waals surface area contributed by atoms with Crippen molar-refractivity contribution in [3.05, 3.63) is 83.2 Å². The first-order valence-corrected chi connectivity index (χ1v) is 13.6. The highest BCUT2D eigenvalue weighted by Crippen LogP contribution is 2.38. The van der Waals surface area contributed by atoms with Gasteiger partial charge in [0.05, 0.1) is 30.0 Å². The fraction of sp³-hybridized carbons (Fsp3) is 0.312. The maximum Gasteiger partial charge on any atom is 0.262 e. The van der Waals surface area contributed by atoms with Gasteiger partial charge >= 0.3 is 0 Å². The van der Waals surface area contributed by atoms with Crippen LogP contribution >= 0.6 is 0 Å². The second-order valence-corrected chi connectivity index (χ2v) is 11.1. The summed E-state index contributed by atoms with van der Waals surface area (Å²) >= 11 is 0. The molecule has 2 aromatic carbocycles. The minimum Gasteiger partial charge on any atom is -0.491 e. The largest absolute Gasteiger partial charge is 0.491 e. The number of hydrogen-bond donors (Lipinski definition) is 3. The predicted octanol–water partition coefficient (Wildman–Crippen LogP) is 4.71. The molecule has 40 heavy (non-hydrogen) atoms. The van der Waals surface area contributed by atoms with Crippen molar-refractivity contribution in [2.45, 2.75) is 32.5 Å². The van der Waals surface area contributed by atoms with Gasteiger partial charge < -0.3 is 29.7 Å². The fourth-order valence-electron chi connectivity index (χ4n) is 5.62. The number of hydrogen-bond acceptors (Lipinski definition) is 6. The minimum atomic E-state index is -1.05. The molecule has 8 nitrogen and oxygen atoms in total. The van der Waals surface area contributed by atoms with Crippen LogP contribution in [0.4, 0.5) is 5.69 Å². The Balaban J connectivity index is 1.41. The number of benzene rings is 2. The molecule has 0 saturated heterocycles. The molecule has 3 N–H and O–H groups in total. The van der Waals surface area contributed by atoms with Gasteiger partial charge in [0.25, 0.3) is 5.91 Å². The molecular weight excluding hydrogens is 504 g/mol. The molecule has 6 rings (SSSR count). The summed E-state index contributed by atoms with van der Waals surface area (Å²) in [6.07, 6.45) is 4.99. The Morgan fingerprint density at radius 2 is 1.93 bits per heavy atom. The number of carbonyl (C=O) groups is 1. The highest BCUT2D eigenvalue weighted by Gasteiger charge is 2.29.